The Bertz CT molecular complexity index is 872. The minimum atomic E-state index is -0.895. The van der Waals surface area contributed by atoms with Gasteiger partial charge in [0.2, 0.25) is 0 Å². The molecule has 2 atom stereocenters. The first-order valence-corrected chi connectivity index (χ1v) is 8.77. The molecular weight excluding hydrogens is 344 g/mol. The van der Waals surface area contributed by atoms with E-state index < -0.39 is 18.0 Å². The second-order valence-electron chi connectivity index (χ2n) is 6.44. The lowest BCUT2D eigenvalue weighted by molar-refractivity contribution is -0.159. The third-order valence-electron chi connectivity index (χ3n) is 4.50. The van der Waals surface area contributed by atoms with Crippen molar-refractivity contribution in [3.8, 4) is 11.8 Å². The number of methoxy groups -OCH3 is 1. The Morgan fingerprint density at radius 2 is 1.81 bits per heavy atom. The molecule has 2 aromatic rings. The zero-order chi connectivity index (χ0) is 20.0. The predicted octanol–water partition coefficient (Wildman–Crippen LogP) is 3.26. The number of rotatable bonds is 7. The van der Waals surface area contributed by atoms with Gasteiger partial charge in [-0.1, -0.05) is 24.3 Å². The molecule has 0 N–H and O–H groups in total. The minimum absolute atomic E-state index is 0.237. The highest BCUT2D eigenvalue weighted by molar-refractivity contribution is 5.88. The Morgan fingerprint density at radius 3 is 2.48 bits per heavy atom. The molecule has 0 saturated heterocycles. The van der Waals surface area contributed by atoms with Crippen molar-refractivity contribution in [1.82, 2.24) is 4.90 Å². The first-order chi connectivity index (χ1) is 12.9. The molecule has 0 aromatic heterocycles. The number of ether oxygens (including phenoxy) is 2. The lowest BCUT2D eigenvalue weighted by atomic mass is 9.98. The second-order valence-corrected chi connectivity index (χ2v) is 6.44. The van der Waals surface area contributed by atoms with E-state index in [-0.39, 0.29) is 12.3 Å². The summed E-state index contributed by atoms with van der Waals surface area (Å²) in [6, 6.07) is 13.5. The molecule has 0 aliphatic heterocycles. The standard InChI is InChI=1S/C21H24N2O4/c1-14(21(25)27-15(2)20(24)23(3)11-5-10-22)16-6-7-18-13-19(26-4)9-8-17(18)12-16/h6-9,12-15H,5,11H2,1-4H3/t14-,15-/m0/s1. The summed E-state index contributed by atoms with van der Waals surface area (Å²) in [5, 5.41) is 10.6. The van der Waals surface area contributed by atoms with Crippen LogP contribution in [0.4, 0.5) is 0 Å². The Labute approximate surface area is 159 Å². The van der Waals surface area contributed by atoms with Crippen molar-refractivity contribution in [2.24, 2.45) is 0 Å². The van der Waals surface area contributed by atoms with Crippen molar-refractivity contribution in [3.05, 3.63) is 42.0 Å². The van der Waals surface area contributed by atoms with Gasteiger partial charge in [-0.15, -0.1) is 0 Å². The highest BCUT2D eigenvalue weighted by Crippen LogP contribution is 2.26. The lowest BCUT2D eigenvalue weighted by Gasteiger charge is -2.22. The van der Waals surface area contributed by atoms with E-state index in [1.807, 2.05) is 42.5 Å². The van der Waals surface area contributed by atoms with Crippen LogP contribution in [-0.2, 0) is 14.3 Å². The average molecular weight is 368 g/mol. The highest BCUT2D eigenvalue weighted by atomic mass is 16.5. The molecule has 0 aliphatic carbocycles. The van der Waals surface area contributed by atoms with Crippen LogP contribution < -0.4 is 4.74 Å². The van der Waals surface area contributed by atoms with E-state index in [2.05, 4.69) is 0 Å². The number of nitrogens with zero attached hydrogens (tertiary/aromatic N) is 2. The number of carbonyl (C=O) groups excluding carboxylic acids is 2. The van der Waals surface area contributed by atoms with Gasteiger partial charge in [-0.05, 0) is 42.3 Å². The van der Waals surface area contributed by atoms with Crippen LogP contribution in [0.15, 0.2) is 36.4 Å². The van der Waals surface area contributed by atoms with E-state index in [1.54, 1.807) is 28.0 Å². The van der Waals surface area contributed by atoms with Gasteiger partial charge in [0, 0.05) is 13.6 Å². The molecule has 0 aliphatic rings. The topological polar surface area (TPSA) is 79.6 Å². The van der Waals surface area contributed by atoms with Gasteiger partial charge in [0.1, 0.15) is 5.75 Å². The maximum atomic E-state index is 12.5. The number of likely N-dealkylation sites (N-methyl/N-ethyl adjacent to an activating group) is 1. The molecule has 0 saturated carbocycles. The zero-order valence-electron chi connectivity index (χ0n) is 16.1. The first kappa shape index (κ1) is 20.2. The third kappa shape index (κ3) is 4.98. The van der Waals surface area contributed by atoms with Gasteiger partial charge < -0.3 is 14.4 Å². The van der Waals surface area contributed by atoms with Crippen molar-refractivity contribution in [3.63, 3.8) is 0 Å². The van der Waals surface area contributed by atoms with Crippen LogP contribution >= 0.6 is 0 Å². The van der Waals surface area contributed by atoms with E-state index in [0.29, 0.717) is 6.54 Å². The summed E-state index contributed by atoms with van der Waals surface area (Å²) < 4.78 is 10.6. The van der Waals surface area contributed by atoms with Crippen LogP contribution in [0.25, 0.3) is 10.8 Å². The fourth-order valence-electron chi connectivity index (χ4n) is 2.74. The van der Waals surface area contributed by atoms with Crippen molar-refractivity contribution >= 4 is 22.6 Å². The first-order valence-electron chi connectivity index (χ1n) is 8.77. The summed E-state index contributed by atoms with van der Waals surface area (Å²) in [6.07, 6.45) is -0.658. The molecule has 0 fully saturated rings. The fourth-order valence-corrected chi connectivity index (χ4v) is 2.74. The molecule has 6 nitrogen and oxygen atoms in total. The molecule has 27 heavy (non-hydrogen) atoms. The number of amides is 1. The van der Waals surface area contributed by atoms with Crippen molar-refractivity contribution in [2.45, 2.75) is 32.3 Å². The number of esters is 1. The Balaban J connectivity index is 2.07. The molecule has 0 bridgehead atoms. The second kappa shape index (κ2) is 9.04. The summed E-state index contributed by atoms with van der Waals surface area (Å²) in [5.74, 6) is -0.513. The van der Waals surface area contributed by atoms with Crippen LogP contribution in [0.5, 0.6) is 5.75 Å². The van der Waals surface area contributed by atoms with Crippen LogP contribution in [0.1, 0.15) is 31.7 Å². The number of nitriles is 1. The fraction of sp³-hybridized carbons (Fsp3) is 0.381. The Kier molecular flexibility index (Phi) is 6.78. The van der Waals surface area contributed by atoms with Crippen LogP contribution in [0, 0.1) is 11.3 Å². The molecule has 2 rings (SSSR count). The van der Waals surface area contributed by atoms with E-state index in [4.69, 9.17) is 14.7 Å². The van der Waals surface area contributed by atoms with Gasteiger partial charge in [0.25, 0.3) is 5.91 Å². The number of hydrogen-bond acceptors (Lipinski definition) is 5. The molecule has 1 amide bonds. The van der Waals surface area contributed by atoms with Gasteiger partial charge in [0.15, 0.2) is 6.10 Å². The largest absolute Gasteiger partial charge is 0.497 e. The van der Waals surface area contributed by atoms with Gasteiger partial charge in [-0.3, -0.25) is 9.59 Å². The highest BCUT2D eigenvalue weighted by Gasteiger charge is 2.25. The van der Waals surface area contributed by atoms with E-state index >= 15 is 0 Å². The van der Waals surface area contributed by atoms with E-state index in [9.17, 15) is 9.59 Å². The van der Waals surface area contributed by atoms with Crippen molar-refractivity contribution < 1.29 is 19.1 Å². The van der Waals surface area contributed by atoms with Gasteiger partial charge in [-0.25, -0.2) is 0 Å². The molecular formula is C21H24N2O4. The maximum absolute atomic E-state index is 12.5. The Hall–Kier alpha value is -3.07. The number of benzene rings is 2. The maximum Gasteiger partial charge on any atom is 0.313 e. The number of hydrogen-bond donors (Lipinski definition) is 0. The monoisotopic (exact) mass is 368 g/mol. The summed E-state index contributed by atoms with van der Waals surface area (Å²) in [5.41, 5.74) is 0.815. The molecule has 0 heterocycles. The normalized spacial score (nSPS) is 12.7. The zero-order valence-corrected chi connectivity index (χ0v) is 16.1. The SMILES string of the molecule is COc1ccc2cc([C@H](C)C(=O)O[C@@H](C)C(=O)N(C)CCC#N)ccc2c1. The van der Waals surface area contributed by atoms with E-state index in [1.165, 1.54) is 4.90 Å². The molecule has 142 valence electrons. The summed E-state index contributed by atoms with van der Waals surface area (Å²) >= 11 is 0. The molecule has 2 aromatic carbocycles. The average Bonchev–Trinajstić information content (AvgIpc) is 2.69. The van der Waals surface area contributed by atoms with Gasteiger partial charge in [-0.2, -0.15) is 5.26 Å². The van der Waals surface area contributed by atoms with Crippen LogP contribution in [0.2, 0.25) is 0 Å². The number of carbonyl (C=O) groups is 2. The minimum Gasteiger partial charge on any atom is -0.497 e. The van der Waals surface area contributed by atoms with Crippen molar-refractivity contribution in [2.75, 3.05) is 20.7 Å². The third-order valence-corrected chi connectivity index (χ3v) is 4.50. The molecule has 0 unspecified atom stereocenters. The lowest BCUT2D eigenvalue weighted by Crippen LogP contribution is -2.38. The van der Waals surface area contributed by atoms with Gasteiger partial charge in [0.05, 0.1) is 25.5 Å². The van der Waals surface area contributed by atoms with Crippen LogP contribution in [0.3, 0.4) is 0 Å². The quantitative estimate of drug-likeness (QED) is 0.701. The predicted molar refractivity (Wildman–Crippen MR) is 102 cm³/mol. The van der Waals surface area contributed by atoms with E-state index in [0.717, 1.165) is 22.1 Å². The molecule has 0 radical (unpaired) electrons. The Morgan fingerprint density at radius 1 is 1.15 bits per heavy atom. The number of fused-ring (bicyclic) bond motifs is 1. The molecule has 6 heteroatoms. The smallest absolute Gasteiger partial charge is 0.313 e. The van der Waals surface area contributed by atoms with Gasteiger partial charge >= 0.3 is 5.97 Å². The summed E-state index contributed by atoms with van der Waals surface area (Å²) in [7, 11) is 3.21. The summed E-state index contributed by atoms with van der Waals surface area (Å²) in [4.78, 5) is 26.1. The van der Waals surface area contributed by atoms with Crippen LogP contribution in [-0.4, -0.2) is 43.6 Å². The molecule has 0 spiro atoms. The van der Waals surface area contributed by atoms with Crippen molar-refractivity contribution in [1.29, 1.82) is 5.26 Å². The summed E-state index contributed by atoms with van der Waals surface area (Å²) in [6.45, 7) is 3.60.